The molecule has 1 nitrogen and oxygen atoms in total. The molecule has 0 spiro atoms. The Kier molecular flexibility index (Phi) is 4.94. The van der Waals surface area contributed by atoms with Crippen molar-refractivity contribution in [1.82, 2.24) is 0 Å². The van der Waals surface area contributed by atoms with Crippen LogP contribution in [0.2, 0.25) is 0 Å². The summed E-state index contributed by atoms with van der Waals surface area (Å²) in [6, 6.07) is 5.32. The number of hydrogen-bond donors (Lipinski definition) is 1. The fourth-order valence-corrected chi connectivity index (χ4v) is 1.69. The Labute approximate surface area is 97.9 Å². The first-order valence-electron chi connectivity index (χ1n) is 6.18. The van der Waals surface area contributed by atoms with Crippen molar-refractivity contribution in [3.05, 3.63) is 35.1 Å². The maximum atomic E-state index is 13.2. The van der Waals surface area contributed by atoms with Crippen molar-refractivity contribution in [2.45, 2.75) is 46.1 Å². The minimum Gasteiger partial charge on any atom is -0.324 e. The Morgan fingerprint density at radius 2 is 2.00 bits per heavy atom. The number of benzene rings is 1. The Hall–Kier alpha value is -0.890. The second-order valence-electron chi connectivity index (χ2n) is 4.29. The van der Waals surface area contributed by atoms with Gasteiger partial charge in [0, 0.05) is 6.04 Å². The Bertz CT molecular complexity index is 332. The van der Waals surface area contributed by atoms with Gasteiger partial charge in [-0.15, -0.1) is 0 Å². The molecule has 1 fully saturated rings. The predicted molar refractivity (Wildman–Crippen MR) is 66.8 cm³/mol. The highest BCUT2D eigenvalue weighted by Gasteiger charge is 2.24. The van der Waals surface area contributed by atoms with Gasteiger partial charge in [-0.2, -0.15) is 0 Å². The van der Waals surface area contributed by atoms with Crippen LogP contribution in [0.3, 0.4) is 0 Å². The molecule has 1 atom stereocenters. The van der Waals surface area contributed by atoms with Crippen LogP contribution < -0.4 is 5.73 Å². The summed E-state index contributed by atoms with van der Waals surface area (Å²) in [5.74, 6) is 0.642. The Morgan fingerprint density at radius 3 is 2.50 bits per heavy atom. The minimum atomic E-state index is -0.145. The van der Waals surface area contributed by atoms with Crippen LogP contribution in [0.5, 0.6) is 0 Å². The van der Waals surface area contributed by atoms with Crippen LogP contribution in [-0.2, 0) is 0 Å². The van der Waals surface area contributed by atoms with E-state index in [2.05, 4.69) is 0 Å². The van der Waals surface area contributed by atoms with Gasteiger partial charge < -0.3 is 5.73 Å². The number of aryl methyl sites for hydroxylation is 1. The Morgan fingerprint density at radius 1 is 1.38 bits per heavy atom. The highest BCUT2D eigenvalue weighted by Crippen LogP contribution is 2.36. The van der Waals surface area contributed by atoms with Crippen molar-refractivity contribution in [3.63, 3.8) is 0 Å². The zero-order chi connectivity index (χ0) is 12.1. The Balaban J connectivity index is 0.000000606. The molecule has 0 heterocycles. The van der Waals surface area contributed by atoms with Crippen LogP contribution in [0.25, 0.3) is 0 Å². The first kappa shape index (κ1) is 13.2. The fraction of sp³-hybridized carbons (Fsp3) is 0.571. The van der Waals surface area contributed by atoms with E-state index < -0.39 is 0 Å². The maximum Gasteiger partial charge on any atom is 0.126 e. The number of hydrogen-bond acceptors (Lipinski definition) is 1. The zero-order valence-corrected chi connectivity index (χ0v) is 10.5. The van der Waals surface area contributed by atoms with Crippen LogP contribution in [0.4, 0.5) is 4.39 Å². The van der Waals surface area contributed by atoms with Crippen molar-refractivity contribution in [2.75, 3.05) is 0 Å². The fourth-order valence-electron chi connectivity index (χ4n) is 1.69. The van der Waals surface area contributed by atoms with E-state index >= 15 is 0 Å². The van der Waals surface area contributed by atoms with E-state index in [0.29, 0.717) is 5.56 Å². The molecule has 0 radical (unpaired) electrons. The lowest BCUT2D eigenvalue weighted by Crippen LogP contribution is -2.11. The van der Waals surface area contributed by atoms with Gasteiger partial charge in [0.1, 0.15) is 5.82 Å². The topological polar surface area (TPSA) is 26.0 Å². The van der Waals surface area contributed by atoms with Crippen LogP contribution in [0.15, 0.2) is 18.2 Å². The van der Waals surface area contributed by atoms with E-state index in [9.17, 15) is 4.39 Å². The summed E-state index contributed by atoms with van der Waals surface area (Å²) in [5.41, 5.74) is 7.61. The summed E-state index contributed by atoms with van der Waals surface area (Å²) < 4.78 is 13.2. The van der Waals surface area contributed by atoms with Crippen molar-refractivity contribution >= 4 is 0 Å². The first-order valence-corrected chi connectivity index (χ1v) is 6.18. The van der Waals surface area contributed by atoms with Gasteiger partial charge in [-0.05, 0) is 36.5 Å². The summed E-state index contributed by atoms with van der Waals surface area (Å²) >= 11 is 0. The predicted octanol–water partition coefficient (Wildman–Crippen LogP) is 3.96. The van der Waals surface area contributed by atoms with Gasteiger partial charge in [-0.25, -0.2) is 4.39 Å². The summed E-state index contributed by atoms with van der Waals surface area (Å²) in [5, 5.41) is 0. The van der Waals surface area contributed by atoms with Crippen LogP contribution in [-0.4, -0.2) is 0 Å². The van der Waals surface area contributed by atoms with E-state index in [1.165, 1.54) is 12.8 Å². The largest absolute Gasteiger partial charge is 0.324 e. The molecule has 1 aromatic carbocycles. The number of rotatable bonds is 3. The van der Waals surface area contributed by atoms with Gasteiger partial charge in [0.15, 0.2) is 0 Å². The normalized spacial score (nSPS) is 16.3. The monoisotopic (exact) mass is 223 g/mol. The van der Waals surface area contributed by atoms with Crippen molar-refractivity contribution in [1.29, 1.82) is 0 Å². The van der Waals surface area contributed by atoms with E-state index in [4.69, 9.17) is 5.73 Å². The molecule has 0 saturated heterocycles. The van der Waals surface area contributed by atoms with Crippen molar-refractivity contribution in [2.24, 2.45) is 11.7 Å². The lowest BCUT2D eigenvalue weighted by atomic mass is 10.0. The molecule has 2 N–H and O–H groups in total. The third-order valence-corrected chi connectivity index (χ3v) is 2.91. The second kappa shape index (κ2) is 6.00. The van der Waals surface area contributed by atoms with Crippen molar-refractivity contribution < 1.29 is 4.39 Å². The van der Waals surface area contributed by atoms with Gasteiger partial charge in [-0.3, -0.25) is 0 Å². The molecule has 90 valence electrons. The standard InChI is InChI=1S/C12H16FN.C2H6/c1-8-2-5-10(7-11(8)13)12(14)6-9-3-4-9;1-2/h2,5,7,9,12H,3-4,6,14H2,1H3;1-2H3. The molecule has 0 amide bonds. The van der Waals surface area contributed by atoms with E-state index in [1.54, 1.807) is 19.1 Å². The van der Waals surface area contributed by atoms with E-state index in [0.717, 1.165) is 17.9 Å². The lowest BCUT2D eigenvalue weighted by molar-refractivity contribution is 0.580. The quantitative estimate of drug-likeness (QED) is 0.824. The minimum absolute atomic E-state index is 0.0117. The summed E-state index contributed by atoms with van der Waals surface area (Å²) in [4.78, 5) is 0. The van der Waals surface area contributed by atoms with Gasteiger partial charge in [0.25, 0.3) is 0 Å². The first-order chi connectivity index (χ1) is 7.66. The van der Waals surface area contributed by atoms with E-state index in [1.807, 2.05) is 19.9 Å². The number of halogens is 1. The average molecular weight is 223 g/mol. The molecule has 2 heteroatoms. The molecule has 0 aromatic heterocycles. The lowest BCUT2D eigenvalue weighted by Gasteiger charge is -2.11. The smallest absolute Gasteiger partial charge is 0.126 e. The second-order valence-corrected chi connectivity index (χ2v) is 4.29. The van der Waals surface area contributed by atoms with Crippen molar-refractivity contribution in [3.8, 4) is 0 Å². The molecule has 16 heavy (non-hydrogen) atoms. The molecular weight excluding hydrogens is 201 g/mol. The SMILES string of the molecule is CC.Cc1ccc(C(N)CC2CC2)cc1F. The van der Waals surface area contributed by atoms with Gasteiger partial charge >= 0.3 is 0 Å². The van der Waals surface area contributed by atoms with Gasteiger partial charge in [-0.1, -0.05) is 38.8 Å². The molecule has 0 aliphatic heterocycles. The van der Waals surface area contributed by atoms with Crippen LogP contribution >= 0.6 is 0 Å². The highest BCUT2D eigenvalue weighted by molar-refractivity contribution is 5.25. The van der Waals surface area contributed by atoms with Gasteiger partial charge in [0.2, 0.25) is 0 Å². The molecule has 1 aromatic rings. The van der Waals surface area contributed by atoms with E-state index in [-0.39, 0.29) is 11.9 Å². The summed E-state index contributed by atoms with van der Waals surface area (Å²) in [7, 11) is 0. The molecule has 2 rings (SSSR count). The average Bonchev–Trinajstić information content (AvgIpc) is 3.09. The molecule has 1 aliphatic carbocycles. The zero-order valence-electron chi connectivity index (χ0n) is 10.5. The van der Waals surface area contributed by atoms with Crippen LogP contribution in [0.1, 0.15) is 50.3 Å². The highest BCUT2D eigenvalue weighted by atomic mass is 19.1. The van der Waals surface area contributed by atoms with Crippen LogP contribution in [0, 0.1) is 18.7 Å². The maximum absolute atomic E-state index is 13.2. The molecule has 1 saturated carbocycles. The third kappa shape index (κ3) is 3.60. The third-order valence-electron chi connectivity index (χ3n) is 2.91. The molecular formula is C14H22FN. The molecule has 1 aliphatic rings. The molecule has 1 unspecified atom stereocenters. The summed E-state index contributed by atoms with van der Waals surface area (Å²) in [6.07, 6.45) is 3.59. The summed E-state index contributed by atoms with van der Waals surface area (Å²) in [6.45, 7) is 5.77. The van der Waals surface area contributed by atoms with Gasteiger partial charge in [0.05, 0.1) is 0 Å². The number of nitrogens with two attached hydrogens (primary N) is 1. The molecule has 0 bridgehead atoms.